The summed E-state index contributed by atoms with van der Waals surface area (Å²) in [6.45, 7) is 11.6. The van der Waals surface area contributed by atoms with Crippen LogP contribution in [0.4, 0.5) is 0 Å². The van der Waals surface area contributed by atoms with E-state index in [1.54, 1.807) is 0 Å². The summed E-state index contributed by atoms with van der Waals surface area (Å²) in [5.41, 5.74) is 5.91. The highest BCUT2D eigenvalue weighted by atomic mass is 16.7. The van der Waals surface area contributed by atoms with Gasteiger partial charge in [-0.1, -0.05) is 17.7 Å². The van der Waals surface area contributed by atoms with Crippen LogP contribution in [0.3, 0.4) is 0 Å². The van der Waals surface area contributed by atoms with Crippen molar-refractivity contribution in [2.24, 2.45) is 0 Å². The number of nitrogens with one attached hydrogen (secondary N) is 1. The third-order valence-corrected chi connectivity index (χ3v) is 2.35. The maximum atomic E-state index is 12.0. The average molecular weight is 235 g/mol. The SMILES string of the molecule is Cc1cc(C)c(C(=O)NOC(C)(C)C)c(C)c1. The Balaban J connectivity index is 2.90. The van der Waals surface area contributed by atoms with Crippen molar-refractivity contribution in [3.63, 3.8) is 0 Å². The Morgan fingerprint density at radius 3 is 2.00 bits per heavy atom. The van der Waals surface area contributed by atoms with Crippen molar-refractivity contribution in [1.82, 2.24) is 5.48 Å². The Labute approximate surface area is 103 Å². The third kappa shape index (κ3) is 3.86. The molecule has 0 aliphatic rings. The second-order valence-corrected chi connectivity index (χ2v) is 5.42. The van der Waals surface area contributed by atoms with Crippen LogP contribution in [-0.4, -0.2) is 11.5 Å². The van der Waals surface area contributed by atoms with E-state index >= 15 is 0 Å². The molecule has 1 aromatic rings. The fraction of sp³-hybridized carbons (Fsp3) is 0.500. The molecule has 1 aromatic carbocycles. The van der Waals surface area contributed by atoms with Crippen LogP contribution >= 0.6 is 0 Å². The summed E-state index contributed by atoms with van der Waals surface area (Å²) in [7, 11) is 0. The number of aryl methyl sites for hydroxylation is 3. The molecule has 0 aliphatic carbocycles. The number of benzene rings is 1. The van der Waals surface area contributed by atoms with Crippen LogP contribution in [0.5, 0.6) is 0 Å². The number of amides is 1. The Bertz CT molecular complexity index is 407. The first-order valence-electron chi connectivity index (χ1n) is 5.77. The molecule has 3 nitrogen and oxygen atoms in total. The molecule has 0 atom stereocenters. The van der Waals surface area contributed by atoms with Gasteiger partial charge in [0.25, 0.3) is 5.91 Å². The van der Waals surface area contributed by atoms with Crippen molar-refractivity contribution < 1.29 is 9.63 Å². The molecule has 1 N–H and O–H groups in total. The quantitative estimate of drug-likeness (QED) is 0.800. The summed E-state index contributed by atoms with van der Waals surface area (Å²) in [5.74, 6) is -0.185. The highest BCUT2D eigenvalue weighted by molar-refractivity contribution is 5.96. The van der Waals surface area contributed by atoms with Gasteiger partial charge in [0.15, 0.2) is 0 Å². The summed E-state index contributed by atoms with van der Waals surface area (Å²) < 4.78 is 0. The van der Waals surface area contributed by atoms with Gasteiger partial charge in [0.1, 0.15) is 0 Å². The molecule has 0 saturated carbocycles. The average Bonchev–Trinajstić information content (AvgIpc) is 2.11. The molecule has 0 unspecified atom stereocenters. The first-order chi connectivity index (χ1) is 7.70. The lowest BCUT2D eigenvalue weighted by molar-refractivity contribution is -0.0590. The highest BCUT2D eigenvalue weighted by Crippen LogP contribution is 2.16. The van der Waals surface area contributed by atoms with Crippen molar-refractivity contribution in [1.29, 1.82) is 0 Å². The largest absolute Gasteiger partial charge is 0.275 e. The van der Waals surface area contributed by atoms with Gasteiger partial charge in [-0.15, -0.1) is 0 Å². The van der Waals surface area contributed by atoms with Gasteiger partial charge in [0.05, 0.1) is 5.60 Å². The predicted octanol–water partition coefficient (Wildman–Crippen LogP) is 3.07. The van der Waals surface area contributed by atoms with Gasteiger partial charge in [-0.05, 0) is 52.7 Å². The van der Waals surface area contributed by atoms with Crippen LogP contribution in [0.15, 0.2) is 12.1 Å². The molecule has 0 fully saturated rings. The minimum Gasteiger partial charge on any atom is -0.268 e. The number of carbonyl (C=O) groups excluding carboxylic acids is 1. The lowest BCUT2D eigenvalue weighted by Crippen LogP contribution is -2.34. The molecule has 94 valence electrons. The summed E-state index contributed by atoms with van der Waals surface area (Å²) >= 11 is 0. The predicted molar refractivity (Wildman–Crippen MR) is 69.0 cm³/mol. The van der Waals surface area contributed by atoms with Crippen LogP contribution in [-0.2, 0) is 4.84 Å². The van der Waals surface area contributed by atoms with E-state index in [4.69, 9.17) is 4.84 Å². The van der Waals surface area contributed by atoms with E-state index < -0.39 is 0 Å². The first-order valence-corrected chi connectivity index (χ1v) is 5.77. The second-order valence-electron chi connectivity index (χ2n) is 5.42. The maximum Gasteiger partial charge on any atom is 0.275 e. The van der Waals surface area contributed by atoms with Crippen molar-refractivity contribution in [2.75, 3.05) is 0 Å². The molecule has 0 aromatic heterocycles. The zero-order valence-corrected chi connectivity index (χ0v) is 11.5. The van der Waals surface area contributed by atoms with Crippen LogP contribution < -0.4 is 5.48 Å². The Morgan fingerprint density at radius 2 is 1.59 bits per heavy atom. The van der Waals surface area contributed by atoms with Crippen molar-refractivity contribution in [3.8, 4) is 0 Å². The lowest BCUT2D eigenvalue weighted by atomic mass is 9.99. The lowest BCUT2D eigenvalue weighted by Gasteiger charge is -2.20. The molecule has 0 heterocycles. The van der Waals surface area contributed by atoms with E-state index in [2.05, 4.69) is 5.48 Å². The van der Waals surface area contributed by atoms with Crippen molar-refractivity contribution in [2.45, 2.75) is 47.1 Å². The van der Waals surface area contributed by atoms with Crippen LogP contribution in [0.25, 0.3) is 0 Å². The van der Waals surface area contributed by atoms with Gasteiger partial charge in [0.2, 0.25) is 0 Å². The zero-order chi connectivity index (χ0) is 13.2. The standard InChI is InChI=1S/C14H21NO2/c1-9-7-10(2)12(11(3)8-9)13(16)15-17-14(4,5)6/h7-8H,1-6H3,(H,15,16). The van der Waals surface area contributed by atoms with Gasteiger partial charge in [-0.25, -0.2) is 5.48 Å². The first kappa shape index (κ1) is 13.7. The fourth-order valence-electron chi connectivity index (χ4n) is 1.79. The Kier molecular flexibility index (Phi) is 3.94. The minimum absolute atomic E-state index is 0.185. The van der Waals surface area contributed by atoms with E-state index in [1.165, 1.54) is 0 Å². The molecular formula is C14H21NO2. The number of hydrogen-bond donors (Lipinski definition) is 1. The summed E-state index contributed by atoms with van der Waals surface area (Å²) in [5, 5.41) is 0. The second kappa shape index (κ2) is 4.88. The molecular weight excluding hydrogens is 214 g/mol. The Hall–Kier alpha value is -1.35. The van der Waals surface area contributed by atoms with E-state index in [9.17, 15) is 4.79 Å². The van der Waals surface area contributed by atoms with Gasteiger partial charge in [-0.3, -0.25) is 9.63 Å². The molecule has 17 heavy (non-hydrogen) atoms. The highest BCUT2D eigenvalue weighted by Gasteiger charge is 2.16. The molecule has 0 radical (unpaired) electrons. The topological polar surface area (TPSA) is 38.3 Å². The monoisotopic (exact) mass is 235 g/mol. The van der Waals surface area contributed by atoms with Gasteiger partial charge < -0.3 is 0 Å². The molecule has 0 saturated heterocycles. The van der Waals surface area contributed by atoms with Crippen molar-refractivity contribution >= 4 is 5.91 Å². The van der Waals surface area contributed by atoms with E-state index in [-0.39, 0.29) is 11.5 Å². The minimum atomic E-state index is -0.387. The van der Waals surface area contributed by atoms with Gasteiger partial charge >= 0.3 is 0 Å². The molecule has 1 amide bonds. The van der Waals surface area contributed by atoms with Crippen LogP contribution in [0.1, 0.15) is 47.8 Å². The number of hydroxylamine groups is 1. The van der Waals surface area contributed by atoms with Crippen LogP contribution in [0.2, 0.25) is 0 Å². The van der Waals surface area contributed by atoms with E-state index in [0.29, 0.717) is 5.56 Å². The summed E-state index contributed by atoms with van der Waals surface area (Å²) in [4.78, 5) is 17.3. The third-order valence-electron chi connectivity index (χ3n) is 2.35. The fourth-order valence-corrected chi connectivity index (χ4v) is 1.79. The molecule has 0 spiro atoms. The molecule has 0 aliphatic heterocycles. The molecule has 3 heteroatoms. The number of hydrogen-bond acceptors (Lipinski definition) is 2. The molecule has 1 rings (SSSR count). The number of rotatable bonds is 2. The maximum absolute atomic E-state index is 12.0. The van der Waals surface area contributed by atoms with Crippen molar-refractivity contribution in [3.05, 3.63) is 34.4 Å². The zero-order valence-electron chi connectivity index (χ0n) is 11.5. The number of carbonyl (C=O) groups is 1. The van der Waals surface area contributed by atoms with E-state index in [0.717, 1.165) is 16.7 Å². The normalized spacial score (nSPS) is 11.4. The van der Waals surface area contributed by atoms with Gasteiger partial charge in [-0.2, -0.15) is 0 Å². The summed E-state index contributed by atoms with van der Waals surface area (Å²) in [6, 6.07) is 4.00. The Morgan fingerprint density at radius 1 is 1.12 bits per heavy atom. The summed E-state index contributed by atoms with van der Waals surface area (Å²) in [6.07, 6.45) is 0. The van der Waals surface area contributed by atoms with Crippen LogP contribution in [0, 0.1) is 20.8 Å². The van der Waals surface area contributed by atoms with E-state index in [1.807, 2.05) is 53.7 Å². The smallest absolute Gasteiger partial charge is 0.268 e. The van der Waals surface area contributed by atoms with Gasteiger partial charge in [0, 0.05) is 5.56 Å². The molecule has 0 bridgehead atoms.